The van der Waals surface area contributed by atoms with Crippen LogP contribution in [-0.4, -0.2) is 72.6 Å². The van der Waals surface area contributed by atoms with Crippen molar-refractivity contribution < 1.29 is 9.32 Å². The summed E-state index contributed by atoms with van der Waals surface area (Å²) in [5.74, 6) is 1.01. The van der Waals surface area contributed by atoms with Crippen molar-refractivity contribution >= 4 is 17.5 Å². The van der Waals surface area contributed by atoms with Gasteiger partial charge in [-0.15, -0.1) is 0 Å². The summed E-state index contributed by atoms with van der Waals surface area (Å²) in [4.78, 5) is 18.1. The van der Waals surface area contributed by atoms with Crippen LogP contribution in [0.15, 0.2) is 34.9 Å². The molecule has 2 aromatic rings. The first-order chi connectivity index (χ1) is 12.5. The van der Waals surface area contributed by atoms with E-state index in [0.29, 0.717) is 11.6 Å². The summed E-state index contributed by atoms with van der Waals surface area (Å²) < 4.78 is 5.52. The Morgan fingerprint density at radius 2 is 1.85 bits per heavy atom. The SMILES string of the molecule is CN(C)C(=O)CN1CCCN(Cc2cc(-c3ccc(Cl)cc3)no2)CC1. The minimum atomic E-state index is 0.154. The van der Waals surface area contributed by atoms with Gasteiger partial charge in [-0.1, -0.05) is 28.9 Å². The van der Waals surface area contributed by atoms with E-state index in [2.05, 4.69) is 15.0 Å². The van der Waals surface area contributed by atoms with Crippen LogP contribution < -0.4 is 0 Å². The van der Waals surface area contributed by atoms with Crippen molar-refractivity contribution in [2.75, 3.05) is 46.8 Å². The van der Waals surface area contributed by atoms with E-state index in [-0.39, 0.29) is 5.91 Å². The molecule has 0 atom stereocenters. The molecular formula is C19H25ClN4O2. The van der Waals surface area contributed by atoms with Gasteiger partial charge in [0.2, 0.25) is 5.91 Å². The second kappa shape index (κ2) is 8.66. The van der Waals surface area contributed by atoms with Gasteiger partial charge >= 0.3 is 0 Å². The van der Waals surface area contributed by atoms with Gasteiger partial charge in [-0.2, -0.15) is 0 Å². The fraction of sp³-hybridized carbons (Fsp3) is 0.474. The molecule has 6 nitrogen and oxygen atoms in total. The molecule has 0 radical (unpaired) electrons. The first kappa shape index (κ1) is 18.9. The van der Waals surface area contributed by atoms with Crippen molar-refractivity contribution in [1.82, 2.24) is 19.9 Å². The minimum absolute atomic E-state index is 0.154. The normalized spacial score (nSPS) is 16.4. The Kier molecular flexibility index (Phi) is 6.29. The Morgan fingerprint density at radius 1 is 1.15 bits per heavy atom. The standard InChI is InChI=1S/C19H25ClN4O2/c1-22(2)19(25)14-24-9-3-8-23(10-11-24)13-17-12-18(21-26-17)15-4-6-16(20)7-5-15/h4-7,12H,3,8-11,13-14H2,1-2H3. The summed E-state index contributed by atoms with van der Waals surface area (Å²) in [5, 5.41) is 4.88. The molecule has 7 heteroatoms. The van der Waals surface area contributed by atoms with E-state index in [1.807, 2.05) is 30.3 Å². The van der Waals surface area contributed by atoms with Crippen molar-refractivity contribution in [3.8, 4) is 11.3 Å². The first-order valence-electron chi connectivity index (χ1n) is 8.87. The van der Waals surface area contributed by atoms with E-state index < -0.39 is 0 Å². The summed E-state index contributed by atoms with van der Waals surface area (Å²) in [5.41, 5.74) is 1.82. The first-order valence-corrected chi connectivity index (χ1v) is 9.25. The second-order valence-electron chi connectivity index (χ2n) is 6.88. The van der Waals surface area contributed by atoms with Gasteiger partial charge in [-0.3, -0.25) is 14.6 Å². The summed E-state index contributed by atoms with van der Waals surface area (Å²) in [6.07, 6.45) is 1.04. The predicted octanol–water partition coefficient (Wildman–Crippen LogP) is 2.59. The number of aromatic nitrogens is 1. The average Bonchev–Trinajstić information content (AvgIpc) is 2.96. The van der Waals surface area contributed by atoms with Gasteiger partial charge in [-0.25, -0.2) is 0 Å². The van der Waals surface area contributed by atoms with E-state index in [4.69, 9.17) is 16.1 Å². The van der Waals surface area contributed by atoms with Crippen LogP contribution in [0.25, 0.3) is 11.3 Å². The fourth-order valence-electron chi connectivity index (χ4n) is 3.04. The van der Waals surface area contributed by atoms with E-state index in [0.717, 1.165) is 56.2 Å². The Balaban J connectivity index is 1.55. The zero-order valence-corrected chi connectivity index (χ0v) is 16.1. The quantitative estimate of drug-likeness (QED) is 0.802. The largest absolute Gasteiger partial charge is 0.359 e. The number of hydrogen-bond donors (Lipinski definition) is 0. The van der Waals surface area contributed by atoms with Gasteiger partial charge in [0.25, 0.3) is 0 Å². The molecule has 26 heavy (non-hydrogen) atoms. The third kappa shape index (κ3) is 5.06. The number of nitrogens with zero attached hydrogens (tertiary/aromatic N) is 4. The van der Waals surface area contributed by atoms with E-state index in [9.17, 15) is 4.79 Å². The lowest BCUT2D eigenvalue weighted by Gasteiger charge is -2.22. The number of amides is 1. The van der Waals surface area contributed by atoms with Crippen LogP contribution in [0.4, 0.5) is 0 Å². The van der Waals surface area contributed by atoms with Crippen LogP contribution in [-0.2, 0) is 11.3 Å². The maximum atomic E-state index is 11.9. The average molecular weight is 377 g/mol. The summed E-state index contributed by atoms with van der Waals surface area (Å²) >= 11 is 5.93. The smallest absolute Gasteiger partial charge is 0.236 e. The molecule has 1 fully saturated rings. The van der Waals surface area contributed by atoms with Crippen LogP contribution in [0.3, 0.4) is 0 Å². The Labute approximate surface area is 159 Å². The molecule has 0 saturated carbocycles. The maximum Gasteiger partial charge on any atom is 0.236 e. The van der Waals surface area contributed by atoms with Crippen LogP contribution in [0.1, 0.15) is 12.2 Å². The van der Waals surface area contributed by atoms with E-state index >= 15 is 0 Å². The summed E-state index contributed by atoms with van der Waals surface area (Å²) in [7, 11) is 3.60. The van der Waals surface area contributed by atoms with Crippen LogP contribution >= 0.6 is 11.6 Å². The molecule has 2 heterocycles. The summed E-state index contributed by atoms with van der Waals surface area (Å²) in [6, 6.07) is 9.57. The fourth-order valence-corrected chi connectivity index (χ4v) is 3.16. The molecule has 140 valence electrons. The van der Waals surface area contributed by atoms with Crippen LogP contribution in [0, 0.1) is 0 Å². The molecule has 0 spiro atoms. The van der Waals surface area contributed by atoms with Crippen LogP contribution in [0.5, 0.6) is 0 Å². The zero-order valence-electron chi connectivity index (χ0n) is 15.3. The lowest BCUT2D eigenvalue weighted by molar-refractivity contribution is -0.129. The molecule has 0 N–H and O–H groups in total. The lowest BCUT2D eigenvalue weighted by atomic mass is 10.1. The maximum absolute atomic E-state index is 11.9. The number of likely N-dealkylation sites (N-methyl/N-ethyl adjacent to an activating group) is 1. The van der Waals surface area contributed by atoms with Crippen molar-refractivity contribution in [3.63, 3.8) is 0 Å². The number of rotatable bonds is 5. The number of halogens is 1. The summed E-state index contributed by atoms with van der Waals surface area (Å²) in [6.45, 7) is 4.96. The predicted molar refractivity (Wildman–Crippen MR) is 102 cm³/mol. The highest BCUT2D eigenvalue weighted by atomic mass is 35.5. The molecule has 0 aliphatic carbocycles. The molecule has 1 saturated heterocycles. The number of hydrogen-bond acceptors (Lipinski definition) is 5. The van der Waals surface area contributed by atoms with Gasteiger partial charge in [0.15, 0.2) is 5.76 Å². The monoisotopic (exact) mass is 376 g/mol. The highest BCUT2D eigenvalue weighted by Crippen LogP contribution is 2.22. The van der Waals surface area contributed by atoms with Gasteiger partial charge < -0.3 is 9.42 Å². The molecule has 1 aliphatic rings. The van der Waals surface area contributed by atoms with E-state index in [1.54, 1.807) is 19.0 Å². The topological polar surface area (TPSA) is 52.8 Å². The van der Waals surface area contributed by atoms with Crippen molar-refractivity contribution in [1.29, 1.82) is 0 Å². The molecule has 1 amide bonds. The molecule has 1 aliphatic heterocycles. The van der Waals surface area contributed by atoms with Gasteiger partial charge in [-0.05, 0) is 31.6 Å². The zero-order chi connectivity index (χ0) is 18.5. The molecule has 3 rings (SSSR count). The van der Waals surface area contributed by atoms with Crippen molar-refractivity contribution in [2.45, 2.75) is 13.0 Å². The lowest BCUT2D eigenvalue weighted by Crippen LogP contribution is -2.38. The van der Waals surface area contributed by atoms with Gasteiger partial charge in [0, 0.05) is 43.8 Å². The molecule has 0 bridgehead atoms. The Hall–Kier alpha value is -1.89. The van der Waals surface area contributed by atoms with Crippen LogP contribution in [0.2, 0.25) is 5.02 Å². The second-order valence-corrected chi connectivity index (χ2v) is 7.32. The molecule has 1 aromatic carbocycles. The Bertz CT molecular complexity index is 729. The van der Waals surface area contributed by atoms with Gasteiger partial charge in [0.05, 0.1) is 13.1 Å². The molecular weight excluding hydrogens is 352 g/mol. The molecule has 0 unspecified atom stereocenters. The minimum Gasteiger partial charge on any atom is -0.359 e. The third-order valence-corrected chi connectivity index (χ3v) is 4.87. The highest BCUT2D eigenvalue weighted by Gasteiger charge is 2.19. The van der Waals surface area contributed by atoms with E-state index in [1.165, 1.54) is 0 Å². The molecule has 1 aromatic heterocycles. The van der Waals surface area contributed by atoms with Crippen molar-refractivity contribution in [2.24, 2.45) is 0 Å². The number of benzene rings is 1. The Morgan fingerprint density at radius 3 is 2.58 bits per heavy atom. The number of carbonyl (C=O) groups is 1. The van der Waals surface area contributed by atoms with Gasteiger partial charge in [0.1, 0.15) is 5.69 Å². The third-order valence-electron chi connectivity index (χ3n) is 4.62. The highest BCUT2D eigenvalue weighted by molar-refractivity contribution is 6.30. The number of carbonyl (C=O) groups excluding carboxylic acids is 1. The van der Waals surface area contributed by atoms with Crippen molar-refractivity contribution in [3.05, 3.63) is 41.1 Å².